The first-order chi connectivity index (χ1) is 56.2. The van der Waals surface area contributed by atoms with Gasteiger partial charge in [-0.1, -0.05) is 379 Å². The minimum atomic E-state index is 0.830. The molecule has 0 aromatic carbocycles. The maximum Gasteiger partial charge on any atom is 0.0101 e. The number of fused-ring (bicyclic) bond motifs is 10. The lowest BCUT2D eigenvalue weighted by atomic mass is 9.56. The molecule has 0 aliphatic heterocycles. The molecule has 0 spiro atoms. The lowest BCUT2D eigenvalue weighted by molar-refractivity contribution is -0.00883. The zero-order valence-electron chi connectivity index (χ0n) is 76.3. The molecule has 13 aliphatic rings. The molecule has 4 nitrogen and oxygen atoms in total. The standard InChI is InChI=1S/C109H198N4/c1-2-14-30-60-94(61-31-15-3-1)110(95-62-32-16-4-5-17-33-63-95)102-76-46-48-84-106-92-58-52-80-104(112(100-72-42-26-12-27-43-73-100)98-64-34-18-6-7-19-35-65-98)78-50-56-90(88-92)91-57-51-79-105(113(101-74-44-28-13-29-45-75-101)99-66-36-20-8-9-21-37-67-99)81-53-59-93(89-91)107-85-49-47-77-103(83-55-87-109(107)108(106)86-54-82-102)111(96-68-38-22-10-23-39-69-96)97-70-40-24-11-25-41-71-97/h90-109H,1-89H2. The predicted octanol–water partition coefficient (Wildman–Crippen LogP) is 33.4. The van der Waals surface area contributed by atoms with Gasteiger partial charge in [0.25, 0.3) is 0 Å². The van der Waals surface area contributed by atoms with Crippen molar-refractivity contribution in [2.24, 2.45) is 47.3 Å². The van der Waals surface area contributed by atoms with Crippen molar-refractivity contribution in [2.45, 2.75) is 644 Å². The van der Waals surface area contributed by atoms with Crippen LogP contribution in [0, 0.1) is 47.3 Å². The van der Waals surface area contributed by atoms with Crippen molar-refractivity contribution in [3.05, 3.63) is 0 Å². The van der Waals surface area contributed by atoms with E-state index in [9.17, 15) is 0 Å². The SMILES string of the molecule is C1CCCCC(N(C2CCCCCCCC2)C2CCCCC3C4CCCC(N(C5CCCCCCCC5)C5CCCCCCC5)CCCC(C4)C4CCCC(N(C5CCCCCCCC5)C5CCCCCCC5)CCCC(C4)C4CCCCC(N(C5CCCCCCC5)C5CCCCCCC5)CCCC4C3CCC2)CCCC1. The zero-order valence-corrected chi connectivity index (χ0v) is 76.3. The molecule has 0 saturated heterocycles. The van der Waals surface area contributed by atoms with Gasteiger partial charge >= 0.3 is 0 Å². The molecule has 4 bridgehead atoms. The summed E-state index contributed by atoms with van der Waals surface area (Å²) >= 11 is 0. The van der Waals surface area contributed by atoms with E-state index in [0.29, 0.717) is 0 Å². The van der Waals surface area contributed by atoms with Crippen LogP contribution in [0.2, 0.25) is 0 Å². The molecule has 0 aromatic rings. The Balaban J connectivity index is 0.895. The molecular weight excluding hydrogens is 1370 g/mol. The van der Waals surface area contributed by atoms with Crippen molar-refractivity contribution in [3.8, 4) is 0 Å². The highest BCUT2D eigenvalue weighted by atomic mass is 15.2. The molecule has 4 heteroatoms. The highest BCUT2D eigenvalue weighted by Gasteiger charge is 2.47. The van der Waals surface area contributed by atoms with E-state index in [1.165, 1.54) is 405 Å². The first kappa shape index (κ1) is 90.6. The number of hydrogen-bond donors (Lipinski definition) is 0. The number of hydrogen-bond acceptors (Lipinski definition) is 4. The van der Waals surface area contributed by atoms with Gasteiger partial charge in [-0.3, -0.25) is 19.6 Å². The predicted molar refractivity (Wildman–Crippen MR) is 492 cm³/mol. The van der Waals surface area contributed by atoms with Crippen molar-refractivity contribution < 1.29 is 0 Å². The third-order valence-corrected chi connectivity index (χ3v) is 36.9. The molecule has 0 heterocycles. The van der Waals surface area contributed by atoms with Gasteiger partial charge in [0, 0.05) is 72.5 Å². The fourth-order valence-corrected chi connectivity index (χ4v) is 31.2. The van der Waals surface area contributed by atoms with E-state index < -0.39 is 0 Å². The Morgan fingerprint density at radius 3 is 0.381 bits per heavy atom. The van der Waals surface area contributed by atoms with Gasteiger partial charge in [0.2, 0.25) is 0 Å². The van der Waals surface area contributed by atoms with Crippen molar-refractivity contribution in [1.82, 2.24) is 19.6 Å². The molecule has 0 aromatic heterocycles. The summed E-state index contributed by atoms with van der Waals surface area (Å²) in [4.78, 5) is 14.0. The van der Waals surface area contributed by atoms with Gasteiger partial charge in [-0.2, -0.15) is 0 Å². The molecule has 0 amide bonds. The summed E-state index contributed by atoms with van der Waals surface area (Å²) in [7, 11) is 0. The van der Waals surface area contributed by atoms with Crippen LogP contribution in [-0.4, -0.2) is 92.1 Å². The van der Waals surface area contributed by atoms with Gasteiger partial charge in [-0.05, 0) is 240 Å². The van der Waals surface area contributed by atoms with Crippen LogP contribution in [-0.2, 0) is 0 Å². The lowest BCUT2D eigenvalue weighted by Crippen LogP contribution is -2.50. The summed E-state index contributed by atoms with van der Waals surface area (Å²) in [6.07, 6.45) is 136. The van der Waals surface area contributed by atoms with E-state index >= 15 is 0 Å². The summed E-state index contributed by atoms with van der Waals surface area (Å²) in [5, 5.41) is 0. The molecule has 113 heavy (non-hydrogen) atoms. The van der Waals surface area contributed by atoms with Crippen LogP contribution in [0.25, 0.3) is 0 Å². The van der Waals surface area contributed by atoms with E-state index in [1.807, 2.05) is 0 Å². The first-order valence-corrected chi connectivity index (χ1v) is 55.3. The average molecular weight is 1560 g/mol. The van der Waals surface area contributed by atoms with E-state index in [-0.39, 0.29) is 0 Å². The second kappa shape index (κ2) is 53.1. The van der Waals surface area contributed by atoms with Crippen molar-refractivity contribution in [3.63, 3.8) is 0 Å². The van der Waals surface area contributed by atoms with Gasteiger partial charge in [0.05, 0.1) is 0 Å². The van der Waals surface area contributed by atoms with Crippen molar-refractivity contribution in [2.75, 3.05) is 0 Å². The maximum absolute atomic E-state index is 3.52. The molecule has 13 rings (SSSR count). The largest absolute Gasteiger partial charge is 0.294 e. The van der Waals surface area contributed by atoms with Crippen molar-refractivity contribution >= 4 is 0 Å². The average Bonchev–Trinajstić information content (AvgIpc) is 0.873. The smallest absolute Gasteiger partial charge is 0.0101 e. The molecule has 654 valence electrons. The minimum absolute atomic E-state index is 0.830. The molecule has 0 radical (unpaired) electrons. The van der Waals surface area contributed by atoms with Crippen LogP contribution < -0.4 is 0 Å². The van der Waals surface area contributed by atoms with Crippen LogP contribution in [0.5, 0.6) is 0 Å². The molecule has 0 N–H and O–H groups in total. The van der Waals surface area contributed by atoms with Crippen molar-refractivity contribution in [1.29, 1.82) is 0 Å². The van der Waals surface area contributed by atoms with Gasteiger partial charge < -0.3 is 0 Å². The topological polar surface area (TPSA) is 13.0 Å². The van der Waals surface area contributed by atoms with E-state index in [0.717, 1.165) is 120 Å². The Labute approximate surface area is 706 Å². The Hall–Kier alpha value is -0.160. The summed E-state index contributed by atoms with van der Waals surface area (Å²) in [5.74, 6) is 7.63. The third kappa shape index (κ3) is 29.2. The van der Waals surface area contributed by atoms with Crippen LogP contribution in [0.1, 0.15) is 571 Å². The van der Waals surface area contributed by atoms with Gasteiger partial charge in [0.15, 0.2) is 0 Å². The van der Waals surface area contributed by atoms with Gasteiger partial charge in [-0.15, -0.1) is 0 Å². The maximum atomic E-state index is 3.52. The van der Waals surface area contributed by atoms with Crippen LogP contribution >= 0.6 is 0 Å². The van der Waals surface area contributed by atoms with E-state index in [2.05, 4.69) is 19.6 Å². The van der Waals surface area contributed by atoms with Gasteiger partial charge in [-0.25, -0.2) is 0 Å². The minimum Gasteiger partial charge on any atom is -0.294 e. The Morgan fingerprint density at radius 1 is 0.0885 bits per heavy atom. The van der Waals surface area contributed by atoms with Crippen LogP contribution in [0.15, 0.2) is 0 Å². The number of rotatable bonds is 12. The third-order valence-electron chi connectivity index (χ3n) is 36.9. The summed E-state index contributed by atoms with van der Waals surface area (Å²) < 4.78 is 0. The van der Waals surface area contributed by atoms with Gasteiger partial charge in [0.1, 0.15) is 0 Å². The highest BCUT2D eigenvalue weighted by Crippen LogP contribution is 2.55. The fraction of sp³-hybridized carbons (Fsp3) is 1.00. The number of nitrogens with zero attached hydrogens (tertiary/aromatic N) is 4. The second-order valence-corrected chi connectivity index (χ2v) is 44.5. The molecule has 13 aliphatic carbocycles. The fourth-order valence-electron chi connectivity index (χ4n) is 31.2. The Morgan fingerprint density at radius 2 is 0.204 bits per heavy atom. The monoisotopic (exact) mass is 1560 g/mol. The summed E-state index contributed by atoms with van der Waals surface area (Å²) in [6.45, 7) is 0. The molecule has 12 atom stereocenters. The molecule has 13 saturated carbocycles. The second-order valence-electron chi connectivity index (χ2n) is 44.5. The Kier molecular flexibility index (Phi) is 42.6. The first-order valence-electron chi connectivity index (χ1n) is 55.3. The molecular formula is C109H198N4. The molecule has 13 fully saturated rings. The Bertz CT molecular complexity index is 2220. The quantitative estimate of drug-likeness (QED) is 0.193. The zero-order chi connectivity index (χ0) is 76.8. The summed E-state index contributed by atoms with van der Waals surface area (Å²) in [6, 6.07) is 10.2. The lowest BCUT2D eigenvalue weighted by Gasteiger charge is -2.51. The van der Waals surface area contributed by atoms with Crippen LogP contribution in [0.4, 0.5) is 0 Å². The van der Waals surface area contributed by atoms with E-state index in [4.69, 9.17) is 0 Å². The van der Waals surface area contributed by atoms with Crippen LogP contribution in [0.3, 0.4) is 0 Å². The molecule has 12 unspecified atom stereocenters. The van der Waals surface area contributed by atoms with E-state index in [1.54, 1.807) is 167 Å². The summed E-state index contributed by atoms with van der Waals surface area (Å²) in [5.41, 5.74) is 0. The normalized spacial score (nSPS) is 35.2. The highest BCUT2D eigenvalue weighted by molar-refractivity contribution is 5.00.